The first-order valence-electron chi connectivity index (χ1n) is 9.15. The van der Waals surface area contributed by atoms with Crippen LogP contribution in [0.15, 0.2) is 50.8 Å². The number of aliphatic carboxylic acids is 1. The lowest BCUT2D eigenvalue weighted by Gasteiger charge is -2.13. The summed E-state index contributed by atoms with van der Waals surface area (Å²) in [7, 11) is 0. The highest BCUT2D eigenvalue weighted by molar-refractivity contribution is 9.10. The van der Waals surface area contributed by atoms with Gasteiger partial charge >= 0.3 is 11.7 Å². The lowest BCUT2D eigenvalue weighted by Crippen LogP contribution is -2.24. The topological polar surface area (TPSA) is 137 Å². The zero-order valence-corrected chi connectivity index (χ0v) is 18.1. The summed E-state index contributed by atoms with van der Waals surface area (Å²) in [5.74, 6) is -1.15. The van der Waals surface area contributed by atoms with E-state index >= 15 is 0 Å². The molecule has 11 heteroatoms. The zero-order valence-electron chi connectivity index (χ0n) is 16.5. The molecule has 0 spiro atoms. The van der Waals surface area contributed by atoms with E-state index in [0.29, 0.717) is 27.6 Å². The second kappa shape index (κ2) is 9.04. The molecule has 1 aromatic heterocycles. The largest absolute Gasteiger partial charge is 0.479 e. The summed E-state index contributed by atoms with van der Waals surface area (Å²) < 4.78 is 7.13. The van der Waals surface area contributed by atoms with Crippen molar-refractivity contribution in [3.05, 3.63) is 72.7 Å². The van der Waals surface area contributed by atoms with E-state index in [1.165, 1.54) is 31.3 Å². The van der Waals surface area contributed by atoms with Crippen LogP contribution in [0.3, 0.4) is 0 Å². The maximum atomic E-state index is 13.0. The molecule has 0 amide bonds. The number of fused-ring (bicyclic) bond motifs is 1. The normalized spacial score (nSPS) is 12.2. The number of nitro groups is 1. The number of benzene rings is 2. The van der Waals surface area contributed by atoms with Crippen LogP contribution in [0, 0.1) is 10.1 Å². The Morgan fingerprint density at radius 2 is 2.16 bits per heavy atom. The molecular weight excluding hydrogens is 472 g/mol. The minimum atomic E-state index is -1.33. The van der Waals surface area contributed by atoms with Crippen molar-refractivity contribution in [2.45, 2.75) is 26.4 Å². The molecule has 0 aliphatic heterocycles. The van der Waals surface area contributed by atoms with Crippen molar-refractivity contribution < 1.29 is 19.6 Å². The van der Waals surface area contributed by atoms with Gasteiger partial charge in [0.1, 0.15) is 5.82 Å². The number of halogens is 1. The van der Waals surface area contributed by atoms with Gasteiger partial charge in [0, 0.05) is 22.5 Å². The fourth-order valence-corrected chi connectivity index (χ4v) is 3.17. The number of aromatic nitrogens is 2. The Kier molecular flexibility index (Phi) is 6.44. The Labute approximate surface area is 184 Å². The molecule has 1 N–H and O–H groups in total. The average molecular weight is 489 g/mol. The molecule has 1 heterocycles. The van der Waals surface area contributed by atoms with Gasteiger partial charge in [-0.15, -0.1) is 0 Å². The lowest BCUT2D eigenvalue weighted by atomic mass is 10.2. The molecule has 0 unspecified atom stereocenters. The summed E-state index contributed by atoms with van der Waals surface area (Å²) in [6, 6.07) is 9.21. The number of para-hydroxylation sites is 1. The molecule has 0 aliphatic rings. The number of carboxylic acid groups (broad SMARTS) is 1. The number of carbonyl (C=O) groups is 1. The van der Waals surface area contributed by atoms with E-state index in [2.05, 4.69) is 26.0 Å². The van der Waals surface area contributed by atoms with Crippen molar-refractivity contribution in [1.29, 1.82) is 0 Å². The van der Waals surface area contributed by atoms with Crippen molar-refractivity contribution in [1.82, 2.24) is 9.66 Å². The molecular formula is C20H17BrN4O6. The summed E-state index contributed by atoms with van der Waals surface area (Å²) in [5.41, 5.74) is -0.163. The Bertz CT molecular complexity index is 1270. The molecule has 3 aromatic rings. The van der Waals surface area contributed by atoms with E-state index in [9.17, 15) is 19.7 Å². The van der Waals surface area contributed by atoms with Gasteiger partial charge in [0.15, 0.2) is 6.10 Å². The molecule has 0 fully saturated rings. The molecule has 0 saturated carbocycles. The van der Waals surface area contributed by atoms with Gasteiger partial charge in [0.25, 0.3) is 5.56 Å². The lowest BCUT2D eigenvalue weighted by molar-refractivity contribution is -0.386. The Hall–Kier alpha value is -3.60. The molecule has 2 aromatic carbocycles. The maximum absolute atomic E-state index is 13.0. The molecule has 160 valence electrons. The van der Waals surface area contributed by atoms with Gasteiger partial charge in [-0.1, -0.05) is 28.9 Å². The maximum Gasteiger partial charge on any atom is 0.344 e. The van der Waals surface area contributed by atoms with Crippen LogP contribution in [0.2, 0.25) is 0 Å². The van der Waals surface area contributed by atoms with Crippen LogP contribution in [-0.4, -0.2) is 38.0 Å². The van der Waals surface area contributed by atoms with Crippen LogP contribution < -0.4 is 10.3 Å². The van der Waals surface area contributed by atoms with E-state index < -0.39 is 28.2 Å². The summed E-state index contributed by atoms with van der Waals surface area (Å²) in [6.07, 6.45) is 0.289. The first kappa shape index (κ1) is 22.1. The summed E-state index contributed by atoms with van der Waals surface area (Å²) in [6.45, 7) is 3.07. The summed E-state index contributed by atoms with van der Waals surface area (Å²) in [5, 5.41) is 25.0. The molecule has 3 rings (SSSR count). The van der Waals surface area contributed by atoms with E-state index in [-0.39, 0.29) is 11.3 Å². The van der Waals surface area contributed by atoms with E-state index in [4.69, 9.17) is 9.84 Å². The number of hydrogen-bond donors (Lipinski definition) is 1. The zero-order chi connectivity index (χ0) is 22.7. The number of rotatable bonds is 7. The van der Waals surface area contributed by atoms with Gasteiger partial charge < -0.3 is 9.84 Å². The quantitative estimate of drug-likeness (QED) is 0.305. The van der Waals surface area contributed by atoms with Gasteiger partial charge in [0.05, 0.1) is 22.0 Å². The predicted octanol–water partition coefficient (Wildman–Crippen LogP) is 3.36. The molecule has 0 aliphatic carbocycles. The van der Waals surface area contributed by atoms with Gasteiger partial charge in [-0.25, -0.2) is 9.78 Å². The second-order valence-electron chi connectivity index (χ2n) is 6.46. The smallest absolute Gasteiger partial charge is 0.344 e. The van der Waals surface area contributed by atoms with Crippen LogP contribution >= 0.6 is 15.9 Å². The van der Waals surface area contributed by atoms with Crippen molar-refractivity contribution in [3.8, 4) is 5.75 Å². The van der Waals surface area contributed by atoms with E-state index in [0.717, 1.165) is 4.68 Å². The molecule has 1 atom stereocenters. The van der Waals surface area contributed by atoms with Crippen molar-refractivity contribution in [3.63, 3.8) is 0 Å². The number of hydrogen-bond acceptors (Lipinski definition) is 7. The Balaban J connectivity index is 2.15. The van der Waals surface area contributed by atoms with E-state index in [1.54, 1.807) is 18.2 Å². The molecule has 10 nitrogen and oxygen atoms in total. The molecule has 0 saturated heterocycles. The fourth-order valence-electron chi connectivity index (χ4n) is 2.81. The monoisotopic (exact) mass is 488 g/mol. The van der Waals surface area contributed by atoms with Crippen molar-refractivity contribution in [2.75, 3.05) is 0 Å². The predicted molar refractivity (Wildman–Crippen MR) is 117 cm³/mol. The first-order chi connectivity index (χ1) is 14.7. The van der Waals surface area contributed by atoms with Crippen LogP contribution in [0.25, 0.3) is 10.9 Å². The van der Waals surface area contributed by atoms with E-state index in [1.807, 2.05) is 6.92 Å². The minimum absolute atomic E-state index is 0.144. The van der Waals surface area contributed by atoms with Gasteiger partial charge in [0.2, 0.25) is 5.75 Å². The second-order valence-corrected chi connectivity index (χ2v) is 7.37. The minimum Gasteiger partial charge on any atom is -0.479 e. The third-order valence-corrected chi connectivity index (χ3v) is 4.86. The van der Waals surface area contributed by atoms with Crippen LogP contribution in [0.4, 0.5) is 5.69 Å². The SMILES string of the molecule is CCc1nc2ccc(Br)cc2c(=O)n1N=Cc1cccc([N+](=O)[O-])c1O[C@H](C)C(=O)O. The highest BCUT2D eigenvalue weighted by Gasteiger charge is 2.23. The fraction of sp³-hybridized carbons (Fsp3) is 0.200. The number of nitrogens with zero attached hydrogens (tertiary/aromatic N) is 4. The van der Waals surface area contributed by atoms with Gasteiger partial charge in [-0.05, 0) is 31.2 Å². The standard InChI is InChI=1S/C20H17BrN4O6/c1-3-17-23-15-8-7-13(21)9-14(15)19(26)24(17)22-10-12-5-4-6-16(25(29)30)18(12)31-11(2)20(27)28/h4-11H,3H2,1-2H3,(H,27,28)/t11-/m1/s1. The van der Waals surface area contributed by atoms with Gasteiger partial charge in [-0.2, -0.15) is 9.78 Å². The van der Waals surface area contributed by atoms with Crippen molar-refractivity contribution in [2.24, 2.45) is 5.10 Å². The van der Waals surface area contributed by atoms with Crippen LogP contribution in [0.5, 0.6) is 5.75 Å². The number of nitro benzene ring substituents is 1. The van der Waals surface area contributed by atoms with Crippen LogP contribution in [-0.2, 0) is 11.2 Å². The number of aryl methyl sites for hydroxylation is 1. The molecule has 0 bridgehead atoms. The average Bonchev–Trinajstić information content (AvgIpc) is 2.73. The van der Waals surface area contributed by atoms with Crippen molar-refractivity contribution >= 4 is 44.7 Å². The number of ether oxygens (including phenoxy) is 1. The third kappa shape index (κ3) is 4.61. The first-order valence-corrected chi connectivity index (χ1v) is 9.94. The highest BCUT2D eigenvalue weighted by atomic mass is 79.9. The van der Waals surface area contributed by atoms with Gasteiger partial charge in [-0.3, -0.25) is 14.9 Å². The third-order valence-electron chi connectivity index (χ3n) is 4.37. The Morgan fingerprint density at radius 1 is 1.42 bits per heavy atom. The highest BCUT2D eigenvalue weighted by Crippen LogP contribution is 2.31. The molecule has 0 radical (unpaired) electrons. The Morgan fingerprint density at radius 3 is 2.81 bits per heavy atom. The molecule has 31 heavy (non-hydrogen) atoms. The summed E-state index contributed by atoms with van der Waals surface area (Å²) in [4.78, 5) is 39.3. The van der Waals surface area contributed by atoms with Crippen LogP contribution in [0.1, 0.15) is 25.2 Å². The number of carboxylic acids is 1. The summed E-state index contributed by atoms with van der Waals surface area (Å²) >= 11 is 3.33.